The van der Waals surface area contributed by atoms with E-state index in [0.717, 1.165) is 17.9 Å². The second-order valence-corrected chi connectivity index (χ2v) is 4.59. The molecule has 1 aromatic carbocycles. The molecule has 2 aromatic rings. The average Bonchev–Trinajstić information content (AvgIpc) is 2.46. The number of methoxy groups -OCH3 is 1. The normalized spacial score (nSPS) is 12.2. The van der Waals surface area contributed by atoms with Crippen LogP contribution in [0.15, 0.2) is 42.6 Å². The summed E-state index contributed by atoms with van der Waals surface area (Å²) in [5.74, 6) is 0.885. The first-order chi connectivity index (χ1) is 9.24. The van der Waals surface area contributed by atoms with Gasteiger partial charge in [-0.1, -0.05) is 18.2 Å². The van der Waals surface area contributed by atoms with Crippen molar-refractivity contribution in [2.75, 3.05) is 14.2 Å². The Balaban J connectivity index is 2.22. The minimum atomic E-state index is 0.240. The maximum Gasteiger partial charge on any atom is 0.119 e. The molecule has 0 fully saturated rings. The van der Waals surface area contributed by atoms with Crippen molar-refractivity contribution in [3.8, 4) is 5.75 Å². The van der Waals surface area contributed by atoms with Crippen molar-refractivity contribution in [3.05, 3.63) is 59.4 Å². The third-order valence-corrected chi connectivity index (χ3v) is 3.36. The Morgan fingerprint density at radius 3 is 2.79 bits per heavy atom. The monoisotopic (exact) mass is 256 g/mol. The quantitative estimate of drug-likeness (QED) is 0.893. The molecule has 1 aromatic heterocycles. The Morgan fingerprint density at radius 1 is 1.26 bits per heavy atom. The van der Waals surface area contributed by atoms with E-state index in [1.165, 1.54) is 11.1 Å². The van der Waals surface area contributed by atoms with E-state index in [0.29, 0.717) is 0 Å². The lowest BCUT2D eigenvalue weighted by Gasteiger charge is -2.18. The summed E-state index contributed by atoms with van der Waals surface area (Å²) in [6.45, 7) is 2.10. The second-order valence-electron chi connectivity index (χ2n) is 4.59. The van der Waals surface area contributed by atoms with Gasteiger partial charge in [-0.3, -0.25) is 4.98 Å². The molecule has 0 amide bonds. The van der Waals surface area contributed by atoms with Gasteiger partial charge in [-0.05, 0) is 43.3 Å². The topological polar surface area (TPSA) is 34.2 Å². The fourth-order valence-electron chi connectivity index (χ4n) is 2.17. The van der Waals surface area contributed by atoms with Gasteiger partial charge in [0.15, 0.2) is 0 Å². The summed E-state index contributed by atoms with van der Waals surface area (Å²) in [5, 5.41) is 3.35. The van der Waals surface area contributed by atoms with Gasteiger partial charge >= 0.3 is 0 Å². The molecule has 0 bridgehead atoms. The van der Waals surface area contributed by atoms with E-state index in [1.54, 1.807) is 7.11 Å². The Morgan fingerprint density at radius 2 is 2.11 bits per heavy atom. The van der Waals surface area contributed by atoms with Gasteiger partial charge in [-0.15, -0.1) is 0 Å². The summed E-state index contributed by atoms with van der Waals surface area (Å²) in [5.41, 5.74) is 3.57. The van der Waals surface area contributed by atoms with Crippen LogP contribution in [0.3, 0.4) is 0 Å². The number of hydrogen-bond acceptors (Lipinski definition) is 3. The number of nitrogens with zero attached hydrogens (tertiary/aromatic N) is 1. The minimum absolute atomic E-state index is 0.240. The van der Waals surface area contributed by atoms with E-state index in [2.05, 4.69) is 35.4 Å². The first-order valence-electron chi connectivity index (χ1n) is 6.46. The molecule has 0 aliphatic heterocycles. The van der Waals surface area contributed by atoms with Gasteiger partial charge in [0.25, 0.3) is 0 Å². The van der Waals surface area contributed by atoms with Crippen LogP contribution < -0.4 is 10.1 Å². The number of nitrogens with one attached hydrogen (secondary N) is 1. The van der Waals surface area contributed by atoms with Gasteiger partial charge in [0.05, 0.1) is 7.11 Å². The molecule has 0 radical (unpaired) electrons. The molecule has 0 aliphatic carbocycles. The highest BCUT2D eigenvalue weighted by Gasteiger charge is 2.12. The zero-order valence-corrected chi connectivity index (χ0v) is 11.7. The lowest BCUT2D eigenvalue weighted by atomic mass is 9.99. The van der Waals surface area contributed by atoms with E-state index < -0.39 is 0 Å². The SMILES string of the molecule is CNC(Cc1ncccc1C)c1cccc(OC)c1. The summed E-state index contributed by atoms with van der Waals surface area (Å²) in [6, 6.07) is 12.5. The zero-order valence-electron chi connectivity index (χ0n) is 11.7. The summed E-state index contributed by atoms with van der Waals surface area (Å²) in [6.07, 6.45) is 2.72. The van der Waals surface area contributed by atoms with Crippen molar-refractivity contribution in [2.24, 2.45) is 0 Å². The highest BCUT2D eigenvalue weighted by Crippen LogP contribution is 2.22. The average molecular weight is 256 g/mol. The van der Waals surface area contributed by atoms with Gasteiger partial charge in [-0.25, -0.2) is 0 Å². The Kier molecular flexibility index (Phi) is 4.53. The van der Waals surface area contributed by atoms with Crippen molar-refractivity contribution in [3.63, 3.8) is 0 Å². The lowest BCUT2D eigenvalue weighted by molar-refractivity contribution is 0.413. The fourth-order valence-corrected chi connectivity index (χ4v) is 2.17. The molecule has 1 unspecified atom stereocenters. The van der Waals surface area contributed by atoms with Crippen LogP contribution in [0.5, 0.6) is 5.75 Å². The second kappa shape index (κ2) is 6.34. The van der Waals surface area contributed by atoms with E-state index in [-0.39, 0.29) is 6.04 Å². The first-order valence-corrected chi connectivity index (χ1v) is 6.46. The van der Waals surface area contributed by atoms with Crippen molar-refractivity contribution in [1.82, 2.24) is 10.3 Å². The molecule has 0 spiro atoms. The summed E-state index contributed by atoms with van der Waals surface area (Å²) in [7, 11) is 3.67. The molecule has 1 heterocycles. The third-order valence-electron chi connectivity index (χ3n) is 3.36. The van der Waals surface area contributed by atoms with E-state index in [4.69, 9.17) is 4.74 Å². The predicted octanol–water partition coefficient (Wildman–Crippen LogP) is 2.90. The molecule has 100 valence electrons. The summed E-state index contributed by atoms with van der Waals surface area (Å²) < 4.78 is 5.28. The van der Waals surface area contributed by atoms with Crippen LogP contribution in [0.25, 0.3) is 0 Å². The van der Waals surface area contributed by atoms with Gasteiger partial charge < -0.3 is 10.1 Å². The maximum atomic E-state index is 5.28. The summed E-state index contributed by atoms with van der Waals surface area (Å²) >= 11 is 0. The van der Waals surface area contributed by atoms with Crippen LogP contribution in [-0.4, -0.2) is 19.1 Å². The number of ether oxygens (including phenoxy) is 1. The summed E-state index contributed by atoms with van der Waals surface area (Å²) in [4.78, 5) is 4.46. The molecule has 3 heteroatoms. The predicted molar refractivity (Wildman–Crippen MR) is 77.5 cm³/mol. The van der Waals surface area contributed by atoms with Crippen LogP contribution in [-0.2, 0) is 6.42 Å². The number of aryl methyl sites for hydroxylation is 1. The minimum Gasteiger partial charge on any atom is -0.497 e. The van der Waals surface area contributed by atoms with Crippen molar-refractivity contribution in [2.45, 2.75) is 19.4 Å². The number of pyridine rings is 1. The van der Waals surface area contributed by atoms with Crippen molar-refractivity contribution < 1.29 is 4.74 Å². The van der Waals surface area contributed by atoms with Crippen molar-refractivity contribution >= 4 is 0 Å². The van der Waals surface area contributed by atoms with Gasteiger partial charge in [-0.2, -0.15) is 0 Å². The first kappa shape index (κ1) is 13.6. The Hall–Kier alpha value is -1.87. The molecular weight excluding hydrogens is 236 g/mol. The molecule has 1 N–H and O–H groups in total. The van der Waals surface area contributed by atoms with Crippen LogP contribution >= 0.6 is 0 Å². The number of aromatic nitrogens is 1. The Labute approximate surface area is 114 Å². The van der Waals surface area contributed by atoms with E-state index in [9.17, 15) is 0 Å². The number of hydrogen-bond donors (Lipinski definition) is 1. The van der Waals surface area contributed by atoms with E-state index in [1.807, 2.05) is 31.4 Å². The molecule has 1 atom stereocenters. The van der Waals surface area contributed by atoms with Crippen LogP contribution in [0.2, 0.25) is 0 Å². The standard InChI is InChI=1S/C16H20N2O/c1-12-6-5-9-18-15(12)11-16(17-2)13-7-4-8-14(10-13)19-3/h4-10,16-17H,11H2,1-3H3. The number of rotatable bonds is 5. The van der Waals surface area contributed by atoms with Gasteiger partial charge in [0, 0.05) is 24.4 Å². The highest BCUT2D eigenvalue weighted by molar-refractivity contribution is 5.32. The largest absolute Gasteiger partial charge is 0.497 e. The zero-order chi connectivity index (χ0) is 13.7. The number of benzene rings is 1. The molecule has 0 saturated carbocycles. The van der Waals surface area contributed by atoms with E-state index >= 15 is 0 Å². The van der Waals surface area contributed by atoms with Crippen LogP contribution in [0.1, 0.15) is 22.9 Å². The van der Waals surface area contributed by atoms with Gasteiger partial charge in [0.1, 0.15) is 5.75 Å². The highest BCUT2D eigenvalue weighted by atomic mass is 16.5. The van der Waals surface area contributed by atoms with Crippen molar-refractivity contribution in [1.29, 1.82) is 0 Å². The molecule has 0 saturated heterocycles. The lowest BCUT2D eigenvalue weighted by Crippen LogP contribution is -2.19. The third kappa shape index (κ3) is 3.32. The molecular formula is C16H20N2O. The molecule has 0 aliphatic rings. The molecule has 19 heavy (non-hydrogen) atoms. The van der Waals surface area contributed by atoms with Gasteiger partial charge in [0.2, 0.25) is 0 Å². The smallest absolute Gasteiger partial charge is 0.119 e. The number of likely N-dealkylation sites (N-methyl/N-ethyl adjacent to an activating group) is 1. The fraction of sp³-hybridized carbons (Fsp3) is 0.312. The Bertz CT molecular complexity index is 540. The maximum absolute atomic E-state index is 5.28. The van der Waals surface area contributed by atoms with Crippen LogP contribution in [0, 0.1) is 6.92 Å². The molecule has 3 nitrogen and oxygen atoms in total. The van der Waals surface area contributed by atoms with Crippen LogP contribution in [0.4, 0.5) is 0 Å². The molecule has 2 rings (SSSR count).